The zero-order valence-electron chi connectivity index (χ0n) is 12.2. The van der Waals surface area contributed by atoms with E-state index in [4.69, 9.17) is 16.7 Å². The van der Waals surface area contributed by atoms with E-state index in [9.17, 15) is 9.59 Å². The van der Waals surface area contributed by atoms with Crippen molar-refractivity contribution < 1.29 is 9.90 Å². The number of benzene rings is 1. The Labute approximate surface area is 132 Å². The van der Waals surface area contributed by atoms with Crippen LogP contribution in [0.2, 0.25) is 5.02 Å². The van der Waals surface area contributed by atoms with Crippen LogP contribution in [0.1, 0.15) is 24.6 Å². The molecule has 0 amide bonds. The third kappa shape index (κ3) is 3.28. The SMILES string of the molecule is CC[C@H](N=Cc1c(C)[nH]n(-c2ccc(Cl)cc2)c1=O)C(=O)O. The van der Waals surface area contributed by atoms with Crippen molar-refractivity contribution in [3.05, 3.63) is 50.9 Å². The molecule has 0 saturated carbocycles. The average molecular weight is 322 g/mol. The van der Waals surface area contributed by atoms with Gasteiger partial charge in [0.1, 0.15) is 6.04 Å². The number of nitrogens with zero attached hydrogens (tertiary/aromatic N) is 2. The number of hydrogen-bond acceptors (Lipinski definition) is 3. The molecule has 116 valence electrons. The monoisotopic (exact) mass is 321 g/mol. The highest BCUT2D eigenvalue weighted by Gasteiger charge is 2.14. The Bertz CT molecular complexity index is 759. The van der Waals surface area contributed by atoms with E-state index in [-0.39, 0.29) is 5.56 Å². The predicted octanol–water partition coefficient (Wildman–Crippen LogP) is 2.41. The molecule has 22 heavy (non-hydrogen) atoms. The van der Waals surface area contributed by atoms with Crippen molar-refractivity contribution in [2.75, 3.05) is 0 Å². The number of aliphatic imine (C=N–C) groups is 1. The molecule has 1 atom stereocenters. The van der Waals surface area contributed by atoms with Crippen molar-refractivity contribution in [2.45, 2.75) is 26.3 Å². The molecule has 0 saturated heterocycles. The molecule has 6 nitrogen and oxygen atoms in total. The lowest BCUT2D eigenvalue weighted by Gasteiger charge is -2.01. The maximum absolute atomic E-state index is 12.4. The van der Waals surface area contributed by atoms with Crippen LogP contribution in [0, 0.1) is 6.92 Å². The van der Waals surface area contributed by atoms with Gasteiger partial charge in [0.25, 0.3) is 5.56 Å². The molecule has 2 N–H and O–H groups in total. The fraction of sp³-hybridized carbons (Fsp3) is 0.267. The van der Waals surface area contributed by atoms with Crippen LogP contribution in [0.25, 0.3) is 5.69 Å². The van der Waals surface area contributed by atoms with Gasteiger partial charge in [-0.2, -0.15) is 0 Å². The predicted molar refractivity (Wildman–Crippen MR) is 85.4 cm³/mol. The number of H-pyrrole nitrogens is 1. The van der Waals surface area contributed by atoms with Gasteiger partial charge in [-0.25, -0.2) is 9.48 Å². The highest BCUT2D eigenvalue weighted by Crippen LogP contribution is 2.12. The molecule has 1 aromatic carbocycles. The number of rotatable bonds is 5. The van der Waals surface area contributed by atoms with Crippen LogP contribution < -0.4 is 5.56 Å². The molecule has 0 fully saturated rings. The number of carboxylic acid groups (broad SMARTS) is 1. The number of halogens is 1. The maximum Gasteiger partial charge on any atom is 0.328 e. The summed E-state index contributed by atoms with van der Waals surface area (Å²) in [7, 11) is 0. The van der Waals surface area contributed by atoms with Crippen LogP contribution in [0.4, 0.5) is 0 Å². The lowest BCUT2D eigenvalue weighted by molar-refractivity contribution is -0.138. The quantitative estimate of drug-likeness (QED) is 0.829. The van der Waals surface area contributed by atoms with E-state index >= 15 is 0 Å². The maximum atomic E-state index is 12.4. The summed E-state index contributed by atoms with van der Waals surface area (Å²) in [4.78, 5) is 27.3. The molecule has 1 aromatic heterocycles. The van der Waals surface area contributed by atoms with Crippen molar-refractivity contribution in [1.29, 1.82) is 0 Å². The van der Waals surface area contributed by atoms with Crippen molar-refractivity contribution in [2.24, 2.45) is 4.99 Å². The minimum atomic E-state index is -1.01. The van der Waals surface area contributed by atoms with Crippen molar-refractivity contribution in [3.63, 3.8) is 0 Å². The Kier molecular flexibility index (Phi) is 4.82. The Morgan fingerprint density at radius 1 is 1.45 bits per heavy atom. The van der Waals surface area contributed by atoms with Crippen molar-refractivity contribution >= 4 is 23.8 Å². The number of aromatic nitrogens is 2. The number of hydrogen-bond donors (Lipinski definition) is 2. The summed E-state index contributed by atoms with van der Waals surface area (Å²) >= 11 is 5.83. The van der Waals surface area contributed by atoms with Gasteiger partial charge in [-0.1, -0.05) is 18.5 Å². The minimum absolute atomic E-state index is 0.288. The molecule has 2 rings (SSSR count). The summed E-state index contributed by atoms with van der Waals surface area (Å²) in [5.74, 6) is -1.01. The molecule has 7 heteroatoms. The summed E-state index contributed by atoms with van der Waals surface area (Å²) in [6.07, 6.45) is 1.68. The number of carboxylic acids is 1. The Hall–Kier alpha value is -2.34. The Morgan fingerprint density at radius 2 is 2.09 bits per heavy atom. The largest absolute Gasteiger partial charge is 0.480 e. The van der Waals surface area contributed by atoms with Crippen LogP contribution in [0.15, 0.2) is 34.1 Å². The third-order valence-electron chi connectivity index (χ3n) is 3.26. The molecule has 0 radical (unpaired) electrons. The van der Waals surface area contributed by atoms with Gasteiger partial charge < -0.3 is 5.11 Å². The fourth-order valence-corrected chi connectivity index (χ4v) is 2.12. The molecular formula is C15H16ClN3O3. The second kappa shape index (κ2) is 6.62. The van der Waals surface area contributed by atoms with E-state index in [0.29, 0.717) is 28.4 Å². The minimum Gasteiger partial charge on any atom is -0.480 e. The fourth-order valence-electron chi connectivity index (χ4n) is 1.99. The van der Waals surface area contributed by atoms with E-state index in [2.05, 4.69) is 10.1 Å². The first kappa shape index (κ1) is 16.0. The molecule has 1 heterocycles. The summed E-state index contributed by atoms with van der Waals surface area (Å²) < 4.78 is 1.37. The number of carbonyl (C=O) groups is 1. The summed E-state index contributed by atoms with van der Waals surface area (Å²) in [5.41, 5.74) is 1.31. The van der Waals surface area contributed by atoms with E-state index in [0.717, 1.165) is 0 Å². The Balaban J connectivity index is 2.39. The zero-order valence-corrected chi connectivity index (χ0v) is 13.0. The van der Waals surface area contributed by atoms with E-state index < -0.39 is 12.0 Å². The highest BCUT2D eigenvalue weighted by atomic mass is 35.5. The smallest absolute Gasteiger partial charge is 0.328 e. The number of nitrogens with one attached hydrogen (secondary N) is 1. The number of aromatic amines is 1. The number of aryl methyl sites for hydroxylation is 1. The molecule has 0 bridgehead atoms. The lowest BCUT2D eigenvalue weighted by Crippen LogP contribution is -2.19. The van der Waals surface area contributed by atoms with Gasteiger partial charge in [-0.3, -0.25) is 14.9 Å². The second-order valence-corrected chi connectivity index (χ2v) is 5.24. The van der Waals surface area contributed by atoms with Crippen LogP contribution in [0.5, 0.6) is 0 Å². The average Bonchev–Trinajstić information content (AvgIpc) is 2.76. The van der Waals surface area contributed by atoms with Crippen LogP contribution in [-0.4, -0.2) is 33.1 Å². The first-order valence-electron chi connectivity index (χ1n) is 6.77. The second-order valence-electron chi connectivity index (χ2n) is 4.81. The summed E-state index contributed by atoms with van der Waals surface area (Å²) in [6, 6.07) is 5.95. The van der Waals surface area contributed by atoms with Gasteiger partial charge >= 0.3 is 5.97 Å². The zero-order chi connectivity index (χ0) is 16.3. The van der Waals surface area contributed by atoms with Crippen LogP contribution >= 0.6 is 11.6 Å². The molecule has 0 aliphatic rings. The molecule has 0 aliphatic carbocycles. The van der Waals surface area contributed by atoms with E-state index in [1.165, 1.54) is 10.9 Å². The highest BCUT2D eigenvalue weighted by molar-refractivity contribution is 6.30. The van der Waals surface area contributed by atoms with Crippen molar-refractivity contribution in [3.8, 4) is 5.69 Å². The van der Waals surface area contributed by atoms with Gasteiger partial charge in [0.05, 0.1) is 11.3 Å². The van der Waals surface area contributed by atoms with Crippen LogP contribution in [-0.2, 0) is 4.79 Å². The van der Waals surface area contributed by atoms with Crippen molar-refractivity contribution in [1.82, 2.24) is 9.78 Å². The van der Waals surface area contributed by atoms with Gasteiger partial charge in [0, 0.05) is 16.9 Å². The van der Waals surface area contributed by atoms with Gasteiger partial charge in [-0.05, 0) is 37.6 Å². The van der Waals surface area contributed by atoms with Gasteiger partial charge in [-0.15, -0.1) is 0 Å². The molecule has 0 spiro atoms. The topological polar surface area (TPSA) is 87.5 Å². The number of aliphatic carboxylic acids is 1. The Morgan fingerprint density at radius 3 is 2.64 bits per heavy atom. The molecular weight excluding hydrogens is 306 g/mol. The summed E-state index contributed by atoms with van der Waals surface area (Å²) in [5, 5.41) is 12.5. The molecule has 0 aliphatic heterocycles. The first-order valence-corrected chi connectivity index (χ1v) is 7.15. The van der Waals surface area contributed by atoms with Gasteiger partial charge in [0.2, 0.25) is 0 Å². The normalized spacial score (nSPS) is 12.7. The first-order chi connectivity index (χ1) is 10.4. The van der Waals surface area contributed by atoms with E-state index in [1.807, 2.05) is 0 Å². The molecule has 0 unspecified atom stereocenters. The lowest BCUT2D eigenvalue weighted by atomic mass is 10.2. The van der Waals surface area contributed by atoms with Crippen LogP contribution in [0.3, 0.4) is 0 Å². The van der Waals surface area contributed by atoms with Gasteiger partial charge in [0.15, 0.2) is 0 Å². The molecule has 2 aromatic rings. The standard InChI is InChI=1S/C15H16ClN3O3/c1-3-13(15(21)22)17-8-12-9(2)18-19(14(12)20)11-6-4-10(16)5-7-11/h4-8,13,18H,3H2,1-2H3,(H,21,22)/t13-/m0/s1. The third-order valence-corrected chi connectivity index (χ3v) is 3.51. The van der Waals surface area contributed by atoms with E-state index in [1.54, 1.807) is 38.1 Å². The summed E-state index contributed by atoms with van der Waals surface area (Å²) in [6.45, 7) is 3.46.